The van der Waals surface area contributed by atoms with Gasteiger partial charge < -0.3 is 15.5 Å². The van der Waals surface area contributed by atoms with Gasteiger partial charge in [-0.2, -0.15) is 0 Å². The predicted octanol–water partition coefficient (Wildman–Crippen LogP) is 6.15. The molecular formula is C22H15Cl2N3O2. The summed E-state index contributed by atoms with van der Waals surface area (Å²) in [5.41, 5.74) is 8.32. The van der Waals surface area contributed by atoms with Gasteiger partial charge in [-0.15, -0.1) is 0 Å². The van der Waals surface area contributed by atoms with Gasteiger partial charge >= 0.3 is 0 Å². The molecule has 4 rings (SSSR count). The summed E-state index contributed by atoms with van der Waals surface area (Å²) in [6, 6.07) is 19.8. The molecule has 0 radical (unpaired) electrons. The molecule has 144 valence electrons. The maximum absolute atomic E-state index is 12.9. The van der Waals surface area contributed by atoms with Crippen molar-refractivity contribution in [2.75, 3.05) is 11.1 Å². The van der Waals surface area contributed by atoms with Crippen molar-refractivity contribution in [1.29, 1.82) is 0 Å². The third-order valence-electron chi connectivity index (χ3n) is 4.30. The van der Waals surface area contributed by atoms with Gasteiger partial charge in [0.2, 0.25) is 5.89 Å². The van der Waals surface area contributed by atoms with Crippen LogP contribution in [0.5, 0.6) is 0 Å². The van der Waals surface area contributed by atoms with Crippen LogP contribution in [-0.2, 0) is 0 Å². The van der Waals surface area contributed by atoms with E-state index in [1.807, 2.05) is 36.4 Å². The number of oxazole rings is 1. The quantitative estimate of drug-likeness (QED) is 0.385. The zero-order chi connectivity index (χ0) is 20.4. The number of nitrogens with one attached hydrogen (secondary N) is 1. The molecule has 29 heavy (non-hydrogen) atoms. The molecule has 1 aromatic heterocycles. The number of hydrogen-bond donors (Lipinski definition) is 2. The Kier molecular flexibility index (Phi) is 5.25. The highest BCUT2D eigenvalue weighted by molar-refractivity contribution is 6.39. The molecule has 0 aliphatic heterocycles. The van der Waals surface area contributed by atoms with Crippen LogP contribution in [0.1, 0.15) is 10.4 Å². The Balaban J connectivity index is 1.65. The summed E-state index contributed by atoms with van der Waals surface area (Å²) in [5.74, 6) is 0.618. The van der Waals surface area contributed by atoms with Gasteiger partial charge in [0.25, 0.3) is 5.91 Å². The molecule has 3 N–H and O–H groups in total. The number of nitrogen functional groups attached to an aromatic ring is 1. The normalized spacial score (nSPS) is 10.7. The van der Waals surface area contributed by atoms with E-state index in [9.17, 15) is 4.79 Å². The van der Waals surface area contributed by atoms with Crippen LogP contribution in [0.4, 0.5) is 11.4 Å². The lowest BCUT2D eigenvalue weighted by Crippen LogP contribution is -2.13. The molecule has 3 aromatic carbocycles. The summed E-state index contributed by atoms with van der Waals surface area (Å²) in [7, 11) is 0. The van der Waals surface area contributed by atoms with Crippen molar-refractivity contribution in [3.05, 3.63) is 88.5 Å². The van der Waals surface area contributed by atoms with Crippen LogP contribution in [0.3, 0.4) is 0 Å². The summed E-state index contributed by atoms with van der Waals surface area (Å²) < 4.78 is 5.90. The van der Waals surface area contributed by atoms with E-state index in [0.29, 0.717) is 28.5 Å². The van der Waals surface area contributed by atoms with E-state index in [1.165, 1.54) is 0 Å². The second kappa shape index (κ2) is 7.99. The number of nitrogens with zero attached hydrogens (tertiary/aromatic N) is 1. The van der Waals surface area contributed by atoms with Crippen molar-refractivity contribution in [2.24, 2.45) is 0 Å². The number of carbonyl (C=O) groups is 1. The topological polar surface area (TPSA) is 81.1 Å². The molecule has 0 unspecified atom stereocenters. The summed E-state index contributed by atoms with van der Waals surface area (Å²) in [6.07, 6.45) is 1.64. The molecule has 1 heterocycles. The number of benzene rings is 3. The van der Waals surface area contributed by atoms with Crippen LogP contribution in [0.2, 0.25) is 10.0 Å². The standard InChI is InChI=1S/C22H15Cl2N3O2/c23-17-10-14(11-18(24)20(17)25)27-21(28)15-8-4-5-9-16(15)22-26-12-19(29-22)13-6-2-1-3-7-13/h1-12H,25H2,(H,27,28). The average Bonchev–Trinajstić information content (AvgIpc) is 3.23. The van der Waals surface area contributed by atoms with Crippen molar-refractivity contribution < 1.29 is 9.21 Å². The first kappa shape index (κ1) is 19.1. The molecule has 0 atom stereocenters. The monoisotopic (exact) mass is 423 g/mol. The van der Waals surface area contributed by atoms with Crippen molar-refractivity contribution in [3.8, 4) is 22.8 Å². The zero-order valence-corrected chi connectivity index (χ0v) is 16.5. The third-order valence-corrected chi connectivity index (χ3v) is 4.93. The van der Waals surface area contributed by atoms with Crippen molar-refractivity contribution >= 4 is 40.5 Å². The van der Waals surface area contributed by atoms with E-state index in [4.69, 9.17) is 33.4 Å². The predicted molar refractivity (Wildman–Crippen MR) is 116 cm³/mol. The second-order valence-corrected chi connectivity index (χ2v) is 7.06. The van der Waals surface area contributed by atoms with Crippen molar-refractivity contribution in [1.82, 2.24) is 4.98 Å². The first-order valence-electron chi connectivity index (χ1n) is 8.69. The van der Waals surface area contributed by atoms with E-state index in [-0.39, 0.29) is 21.6 Å². The second-order valence-electron chi connectivity index (χ2n) is 6.25. The Labute approximate surface area is 177 Å². The fourth-order valence-corrected chi connectivity index (χ4v) is 3.34. The number of amides is 1. The van der Waals surface area contributed by atoms with Gasteiger partial charge in [-0.3, -0.25) is 4.79 Å². The molecule has 5 nitrogen and oxygen atoms in total. The molecule has 0 aliphatic rings. The van der Waals surface area contributed by atoms with Crippen LogP contribution in [0.15, 0.2) is 77.3 Å². The molecule has 0 saturated heterocycles. The Hall–Kier alpha value is -3.28. The van der Waals surface area contributed by atoms with Gasteiger partial charge in [0, 0.05) is 16.8 Å². The number of hydrogen-bond acceptors (Lipinski definition) is 4. The van der Waals surface area contributed by atoms with Gasteiger partial charge in [-0.1, -0.05) is 65.7 Å². The third kappa shape index (κ3) is 3.97. The zero-order valence-electron chi connectivity index (χ0n) is 15.0. The fourth-order valence-electron chi connectivity index (χ4n) is 2.86. The average molecular weight is 424 g/mol. The number of nitrogens with two attached hydrogens (primary N) is 1. The number of anilines is 2. The Morgan fingerprint density at radius 1 is 0.966 bits per heavy atom. The highest BCUT2D eigenvalue weighted by Gasteiger charge is 2.18. The van der Waals surface area contributed by atoms with Crippen LogP contribution in [0.25, 0.3) is 22.8 Å². The maximum atomic E-state index is 12.9. The van der Waals surface area contributed by atoms with Crippen molar-refractivity contribution in [2.45, 2.75) is 0 Å². The largest absolute Gasteiger partial charge is 0.436 e. The minimum atomic E-state index is -0.350. The lowest BCUT2D eigenvalue weighted by atomic mass is 10.1. The van der Waals surface area contributed by atoms with Crippen LogP contribution < -0.4 is 11.1 Å². The van der Waals surface area contributed by atoms with E-state index < -0.39 is 0 Å². The molecule has 0 aliphatic carbocycles. The number of carbonyl (C=O) groups excluding carboxylic acids is 1. The van der Waals surface area contributed by atoms with E-state index >= 15 is 0 Å². The van der Waals surface area contributed by atoms with Gasteiger partial charge in [0.05, 0.1) is 27.5 Å². The molecule has 0 fully saturated rings. The summed E-state index contributed by atoms with van der Waals surface area (Å²) in [5, 5.41) is 3.31. The SMILES string of the molecule is Nc1c(Cl)cc(NC(=O)c2ccccc2-c2ncc(-c3ccccc3)o2)cc1Cl. The Morgan fingerprint density at radius 3 is 2.34 bits per heavy atom. The fraction of sp³-hybridized carbons (Fsp3) is 0. The van der Waals surface area contributed by atoms with Crippen LogP contribution in [0, 0.1) is 0 Å². The molecule has 7 heteroatoms. The van der Waals surface area contributed by atoms with Crippen molar-refractivity contribution in [3.63, 3.8) is 0 Å². The smallest absolute Gasteiger partial charge is 0.256 e. The first-order chi connectivity index (χ1) is 14.0. The first-order valence-corrected chi connectivity index (χ1v) is 9.45. The molecule has 0 spiro atoms. The van der Waals surface area contributed by atoms with Crippen LogP contribution >= 0.6 is 23.2 Å². The number of aromatic nitrogens is 1. The maximum Gasteiger partial charge on any atom is 0.256 e. The minimum Gasteiger partial charge on any atom is -0.436 e. The molecule has 4 aromatic rings. The van der Waals surface area contributed by atoms with E-state index in [1.54, 1.807) is 36.5 Å². The van der Waals surface area contributed by atoms with Gasteiger partial charge in [0.15, 0.2) is 5.76 Å². The molecule has 0 saturated carbocycles. The van der Waals surface area contributed by atoms with Gasteiger partial charge in [-0.05, 0) is 24.3 Å². The Morgan fingerprint density at radius 2 is 1.62 bits per heavy atom. The number of halogens is 2. The lowest BCUT2D eigenvalue weighted by molar-refractivity contribution is 0.102. The summed E-state index contributed by atoms with van der Waals surface area (Å²) in [6.45, 7) is 0. The van der Waals surface area contributed by atoms with E-state index in [2.05, 4.69) is 10.3 Å². The molecule has 1 amide bonds. The molecule has 0 bridgehead atoms. The highest BCUT2D eigenvalue weighted by atomic mass is 35.5. The van der Waals surface area contributed by atoms with Crippen LogP contribution in [-0.4, -0.2) is 10.9 Å². The summed E-state index contributed by atoms with van der Waals surface area (Å²) in [4.78, 5) is 17.2. The van der Waals surface area contributed by atoms with E-state index in [0.717, 1.165) is 5.56 Å². The minimum absolute atomic E-state index is 0.264. The van der Waals surface area contributed by atoms with Gasteiger partial charge in [0.1, 0.15) is 0 Å². The lowest BCUT2D eigenvalue weighted by Gasteiger charge is -2.10. The van der Waals surface area contributed by atoms with Gasteiger partial charge in [-0.25, -0.2) is 4.98 Å². The number of rotatable bonds is 4. The Bertz CT molecular complexity index is 1170. The molecular weight excluding hydrogens is 409 g/mol. The summed E-state index contributed by atoms with van der Waals surface area (Å²) >= 11 is 12.1. The highest BCUT2D eigenvalue weighted by Crippen LogP contribution is 2.32.